The molecular weight excluding hydrogens is 343 g/mol. The normalized spacial score (nSPS) is 16.3. The van der Waals surface area contributed by atoms with Gasteiger partial charge in [0, 0.05) is 24.8 Å². The summed E-state index contributed by atoms with van der Waals surface area (Å²) >= 11 is 0. The van der Waals surface area contributed by atoms with Gasteiger partial charge in [0.05, 0.1) is 17.5 Å². The Hall–Kier alpha value is -2.99. The Morgan fingerprint density at radius 1 is 1.04 bits per heavy atom. The fourth-order valence-electron chi connectivity index (χ4n) is 3.06. The Morgan fingerprint density at radius 2 is 1.85 bits per heavy atom. The summed E-state index contributed by atoms with van der Waals surface area (Å²) in [5.74, 6) is 0.695. The van der Waals surface area contributed by atoms with Crippen LogP contribution in [-0.2, 0) is 4.74 Å². The van der Waals surface area contributed by atoms with Gasteiger partial charge in [-0.15, -0.1) is 0 Å². The number of rotatable bonds is 6. The number of hydrogen-bond acceptors (Lipinski definition) is 5. The van der Waals surface area contributed by atoms with Gasteiger partial charge in [-0.2, -0.15) is 4.98 Å². The van der Waals surface area contributed by atoms with E-state index in [1.165, 1.54) is 6.07 Å². The molecule has 27 heavy (non-hydrogen) atoms. The lowest BCUT2D eigenvalue weighted by Crippen LogP contribution is -2.20. The van der Waals surface area contributed by atoms with E-state index in [4.69, 9.17) is 4.74 Å². The molecule has 3 aromatic rings. The zero-order valence-corrected chi connectivity index (χ0v) is 14.9. The second-order valence-electron chi connectivity index (χ2n) is 6.45. The minimum Gasteiger partial charge on any atom is -0.376 e. The number of nitrogens with one attached hydrogen (secondary N) is 2. The van der Waals surface area contributed by atoms with Crippen LogP contribution < -0.4 is 10.6 Å². The Balaban J connectivity index is 1.62. The van der Waals surface area contributed by atoms with Crippen LogP contribution in [0.3, 0.4) is 0 Å². The van der Waals surface area contributed by atoms with Crippen LogP contribution in [0.4, 0.5) is 21.8 Å². The van der Waals surface area contributed by atoms with Crippen LogP contribution in [0.2, 0.25) is 0 Å². The number of nitrogens with zero attached hydrogens (tertiary/aromatic N) is 2. The van der Waals surface area contributed by atoms with Crippen LogP contribution in [0.25, 0.3) is 11.3 Å². The average Bonchev–Trinajstić information content (AvgIpc) is 3.22. The molecule has 1 aromatic heterocycles. The third-order valence-corrected chi connectivity index (χ3v) is 4.44. The van der Waals surface area contributed by atoms with E-state index < -0.39 is 0 Å². The van der Waals surface area contributed by atoms with Crippen molar-refractivity contribution in [1.82, 2.24) is 9.97 Å². The highest BCUT2D eigenvalue weighted by Gasteiger charge is 2.16. The first kappa shape index (κ1) is 17.4. The van der Waals surface area contributed by atoms with E-state index in [0.717, 1.165) is 30.7 Å². The lowest BCUT2D eigenvalue weighted by molar-refractivity contribution is 0.120. The SMILES string of the molecule is Fc1ccccc1Nc1cc(-c2ccccc2)nc(NCC2CCCO2)n1. The number of ether oxygens (including phenoxy) is 1. The van der Waals surface area contributed by atoms with Crippen LogP contribution in [0.1, 0.15) is 12.8 Å². The summed E-state index contributed by atoms with van der Waals surface area (Å²) in [6, 6.07) is 18.2. The van der Waals surface area contributed by atoms with Crippen molar-refractivity contribution < 1.29 is 9.13 Å². The molecule has 1 fully saturated rings. The molecule has 1 atom stereocenters. The maximum atomic E-state index is 14.0. The van der Waals surface area contributed by atoms with Gasteiger partial charge >= 0.3 is 0 Å². The summed E-state index contributed by atoms with van der Waals surface area (Å²) in [5, 5.41) is 6.31. The zero-order valence-electron chi connectivity index (χ0n) is 14.9. The predicted molar refractivity (Wildman–Crippen MR) is 105 cm³/mol. The summed E-state index contributed by atoms with van der Waals surface area (Å²) in [4.78, 5) is 9.12. The molecule has 0 spiro atoms. The fraction of sp³-hybridized carbons (Fsp3) is 0.238. The number of hydrogen-bond donors (Lipinski definition) is 2. The monoisotopic (exact) mass is 364 g/mol. The van der Waals surface area contributed by atoms with Gasteiger partial charge in [0.1, 0.15) is 11.6 Å². The van der Waals surface area contributed by atoms with E-state index in [2.05, 4.69) is 20.6 Å². The largest absolute Gasteiger partial charge is 0.376 e. The maximum Gasteiger partial charge on any atom is 0.225 e. The van der Waals surface area contributed by atoms with Crippen molar-refractivity contribution in [3.63, 3.8) is 0 Å². The molecular formula is C21H21FN4O. The molecule has 0 aliphatic carbocycles. The Morgan fingerprint density at radius 3 is 2.63 bits per heavy atom. The molecule has 1 unspecified atom stereocenters. The molecule has 0 radical (unpaired) electrons. The lowest BCUT2D eigenvalue weighted by atomic mass is 10.1. The molecule has 1 saturated heterocycles. The van der Waals surface area contributed by atoms with Crippen LogP contribution in [-0.4, -0.2) is 29.2 Å². The molecule has 2 N–H and O–H groups in total. The van der Waals surface area contributed by atoms with Gasteiger partial charge in [-0.25, -0.2) is 9.37 Å². The number of aromatic nitrogens is 2. The van der Waals surface area contributed by atoms with Crippen LogP contribution in [0, 0.1) is 5.82 Å². The van der Waals surface area contributed by atoms with Crippen LogP contribution in [0.5, 0.6) is 0 Å². The molecule has 138 valence electrons. The van der Waals surface area contributed by atoms with Crippen LogP contribution in [0.15, 0.2) is 60.7 Å². The van der Waals surface area contributed by atoms with Gasteiger partial charge in [0.25, 0.3) is 0 Å². The third-order valence-electron chi connectivity index (χ3n) is 4.44. The number of halogens is 1. The van der Waals surface area contributed by atoms with Crippen LogP contribution >= 0.6 is 0 Å². The van der Waals surface area contributed by atoms with E-state index in [-0.39, 0.29) is 11.9 Å². The topological polar surface area (TPSA) is 59.1 Å². The maximum absolute atomic E-state index is 14.0. The Bertz CT molecular complexity index is 898. The fourth-order valence-corrected chi connectivity index (χ4v) is 3.06. The first-order chi connectivity index (χ1) is 13.3. The standard InChI is InChI=1S/C21H21FN4O/c22-17-10-4-5-11-18(17)24-20-13-19(15-7-2-1-3-8-15)25-21(26-20)23-14-16-9-6-12-27-16/h1-5,7-8,10-11,13,16H,6,9,12,14H2,(H2,23,24,25,26). The van der Waals surface area contributed by atoms with Gasteiger partial charge in [-0.3, -0.25) is 0 Å². The van der Waals surface area contributed by atoms with E-state index in [1.807, 2.05) is 36.4 Å². The number of anilines is 3. The van der Waals surface area contributed by atoms with Gasteiger partial charge < -0.3 is 15.4 Å². The quantitative estimate of drug-likeness (QED) is 0.668. The molecule has 5 nitrogen and oxygen atoms in total. The summed E-state index contributed by atoms with van der Waals surface area (Å²) in [6.07, 6.45) is 2.29. The minimum absolute atomic E-state index is 0.178. The summed E-state index contributed by atoms with van der Waals surface area (Å²) in [7, 11) is 0. The van der Waals surface area contributed by atoms with Crippen molar-refractivity contribution in [3.8, 4) is 11.3 Å². The van der Waals surface area contributed by atoms with E-state index >= 15 is 0 Å². The van der Waals surface area contributed by atoms with Crippen molar-refractivity contribution in [1.29, 1.82) is 0 Å². The molecule has 4 rings (SSSR count). The second kappa shape index (κ2) is 8.14. The molecule has 0 saturated carbocycles. The van der Waals surface area contributed by atoms with E-state index in [1.54, 1.807) is 18.2 Å². The summed E-state index contributed by atoms with van der Waals surface area (Å²) < 4.78 is 19.7. The molecule has 2 heterocycles. The molecule has 1 aliphatic heterocycles. The van der Waals surface area contributed by atoms with Gasteiger partial charge in [0.2, 0.25) is 5.95 Å². The highest BCUT2D eigenvalue weighted by Crippen LogP contribution is 2.25. The first-order valence-electron chi connectivity index (χ1n) is 9.09. The number of benzene rings is 2. The highest BCUT2D eigenvalue weighted by molar-refractivity contribution is 5.67. The van der Waals surface area contributed by atoms with E-state index in [0.29, 0.717) is 24.0 Å². The summed E-state index contributed by atoms with van der Waals surface area (Å²) in [5.41, 5.74) is 2.11. The van der Waals surface area contributed by atoms with Crippen molar-refractivity contribution in [3.05, 3.63) is 66.5 Å². The van der Waals surface area contributed by atoms with Gasteiger partial charge in [0.15, 0.2) is 0 Å². The van der Waals surface area contributed by atoms with E-state index in [9.17, 15) is 4.39 Å². The zero-order chi connectivity index (χ0) is 18.5. The van der Waals surface area contributed by atoms with Crippen molar-refractivity contribution in [2.24, 2.45) is 0 Å². The van der Waals surface area contributed by atoms with Gasteiger partial charge in [-0.05, 0) is 25.0 Å². The number of para-hydroxylation sites is 1. The molecule has 1 aliphatic rings. The third kappa shape index (κ3) is 4.41. The highest BCUT2D eigenvalue weighted by atomic mass is 19.1. The second-order valence-corrected chi connectivity index (χ2v) is 6.45. The Kier molecular flexibility index (Phi) is 5.25. The first-order valence-corrected chi connectivity index (χ1v) is 9.09. The minimum atomic E-state index is -0.328. The Labute approximate surface area is 157 Å². The molecule has 0 bridgehead atoms. The van der Waals surface area contributed by atoms with Gasteiger partial charge in [-0.1, -0.05) is 42.5 Å². The van der Waals surface area contributed by atoms with Crippen molar-refractivity contribution in [2.75, 3.05) is 23.8 Å². The molecule has 6 heteroatoms. The average molecular weight is 364 g/mol. The van der Waals surface area contributed by atoms with Crippen molar-refractivity contribution >= 4 is 17.5 Å². The summed E-state index contributed by atoms with van der Waals surface area (Å²) in [6.45, 7) is 1.45. The predicted octanol–water partition coefficient (Wildman–Crippen LogP) is 4.62. The molecule has 0 amide bonds. The molecule has 2 aromatic carbocycles. The van der Waals surface area contributed by atoms with Crippen molar-refractivity contribution in [2.45, 2.75) is 18.9 Å². The lowest BCUT2D eigenvalue weighted by Gasteiger charge is -2.14. The smallest absolute Gasteiger partial charge is 0.225 e.